The van der Waals surface area contributed by atoms with E-state index in [-0.39, 0.29) is 24.6 Å². The topological polar surface area (TPSA) is 78.9 Å². The number of fused-ring (bicyclic) bond motifs is 3. The normalized spacial score (nSPS) is 20.9. The average Bonchev–Trinajstić information content (AvgIpc) is 3.52. The zero-order chi connectivity index (χ0) is 33.5. The molecule has 0 spiro atoms. The fraction of sp³-hybridized carbons (Fsp3) is 0.316. The van der Waals surface area contributed by atoms with E-state index >= 15 is 4.39 Å². The summed E-state index contributed by atoms with van der Waals surface area (Å²) in [5.41, 5.74) is 5.04. The number of likely N-dealkylation sites (tertiary alicyclic amines) is 1. The summed E-state index contributed by atoms with van der Waals surface area (Å²) in [6, 6.07) is 25.9. The maximum Gasteiger partial charge on any atom is 0.408 e. The molecule has 6 nitrogen and oxygen atoms in total. The predicted molar refractivity (Wildman–Crippen MR) is 183 cm³/mol. The van der Waals surface area contributed by atoms with Gasteiger partial charge in [0.1, 0.15) is 18.5 Å². The van der Waals surface area contributed by atoms with Crippen LogP contribution in [0.3, 0.4) is 0 Å². The van der Waals surface area contributed by atoms with E-state index in [9.17, 15) is 14.7 Å². The minimum atomic E-state index is -1.14. The van der Waals surface area contributed by atoms with Crippen molar-refractivity contribution in [2.75, 3.05) is 13.3 Å². The molecule has 4 aromatic carbocycles. The summed E-state index contributed by atoms with van der Waals surface area (Å²) in [5, 5.41) is 14.3. The molecule has 0 radical (unpaired) electrons. The number of benzene rings is 4. The molecule has 4 atom stereocenters. The fourth-order valence-corrected chi connectivity index (χ4v) is 7.96. The second kappa shape index (κ2) is 13.3. The number of halogens is 3. The van der Waals surface area contributed by atoms with Crippen LogP contribution in [-0.4, -0.2) is 47.4 Å². The number of nitrogens with zero attached hydrogens (tertiary/aromatic N) is 1. The smallest absolute Gasteiger partial charge is 0.408 e. The Bertz CT molecular complexity index is 1760. The Morgan fingerprint density at radius 1 is 0.851 bits per heavy atom. The quantitative estimate of drug-likeness (QED) is 0.195. The summed E-state index contributed by atoms with van der Waals surface area (Å²) < 4.78 is 21.5. The third-order valence-corrected chi connectivity index (χ3v) is 9.91. The first kappa shape index (κ1) is 33.0. The molecule has 1 aliphatic heterocycles. The van der Waals surface area contributed by atoms with Gasteiger partial charge in [-0.3, -0.25) is 9.69 Å². The van der Waals surface area contributed by atoms with Gasteiger partial charge in [0.15, 0.2) is 0 Å². The Morgan fingerprint density at radius 2 is 1.45 bits per heavy atom. The molecule has 1 saturated heterocycles. The minimum absolute atomic E-state index is 0.117. The largest absolute Gasteiger partial charge is 0.480 e. The molecule has 2 N–H and O–H groups in total. The van der Waals surface area contributed by atoms with Gasteiger partial charge in [0.25, 0.3) is 0 Å². The fourth-order valence-electron chi connectivity index (χ4n) is 7.52. The van der Waals surface area contributed by atoms with E-state index in [1.165, 1.54) is 12.1 Å². The number of hydrogen-bond acceptors (Lipinski definition) is 4. The Hall–Kier alpha value is -3.91. The van der Waals surface area contributed by atoms with Gasteiger partial charge in [-0.25, -0.2) is 9.18 Å². The summed E-state index contributed by atoms with van der Waals surface area (Å²) >= 11 is 13.1. The molecule has 2 aliphatic rings. The zero-order valence-corrected chi connectivity index (χ0v) is 27.9. The van der Waals surface area contributed by atoms with Gasteiger partial charge in [-0.2, -0.15) is 0 Å². The van der Waals surface area contributed by atoms with Gasteiger partial charge in [0, 0.05) is 33.8 Å². The van der Waals surface area contributed by atoms with Crippen LogP contribution in [-0.2, 0) is 9.53 Å². The van der Waals surface area contributed by atoms with Crippen LogP contribution in [0.4, 0.5) is 9.18 Å². The number of hydrogen-bond donors (Lipinski definition) is 2. The second-order valence-corrected chi connectivity index (χ2v) is 14.4. The van der Waals surface area contributed by atoms with Crippen LogP contribution in [0.1, 0.15) is 67.2 Å². The second-order valence-electron chi connectivity index (χ2n) is 13.5. The van der Waals surface area contributed by atoms with E-state index in [2.05, 4.69) is 17.4 Å². The number of nitrogens with one attached hydrogen (secondary N) is 1. The monoisotopic (exact) mass is 674 g/mol. The molecule has 9 heteroatoms. The first-order chi connectivity index (χ1) is 22.4. The highest BCUT2D eigenvalue weighted by Gasteiger charge is 2.55. The predicted octanol–water partition coefficient (Wildman–Crippen LogP) is 9.07. The average molecular weight is 676 g/mol. The van der Waals surface area contributed by atoms with E-state index < -0.39 is 41.8 Å². The first-order valence-electron chi connectivity index (χ1n) is 15.7. The van der Waals surface area contributed by atoms with Crippen LogP contribution in [0.2, 0.25) is 10.0 Å². The standard InChI is InChI=1S/C38H37Cl2FN2O4/c1-38(2,3)19-32-33(28-18-22(39)16-17-31(28)41)34(27-14-8-9-15-30(27)40)35(36(44)45)43(32)21-42-37(46)47-20-29-25-12-6-4-10-23(25)24-11-5-7-13-26(24)29/h4-18,29,32-35H,19-21H2,1-3H3,(H,42,46)(H,44,45). The van der Waals surface area contributed by atoms with E-state index in [0.717, 1.165) is 22.3 Å². The number of carbonyl (C=O) groups excluding carboxylic acids is 1. The van der Waals surface area contributed by atoms with Crippen molar-refractivity contribution >= 4 is 35.3 Å². The van der Waals surface area contributed by atoms with Crippen LogP contribution >= 0.6 is 23.2 Å². The van der Waals surface area contributed by atoms with Gasteiger partial charge >= 0.3 is 12.1 Å². The number of carboxylic acid groups (broad SMARTS) is 1. The molecule has 1 aliphatic carbocycles. The van der Waals surface area contributed by atoms with E-state index in [0.29, 0.717) is 27.6 Å². The highest BCUT2D eigenvalue weighted by molar-refractivity contribution is 6.31. The Labute approximate surface area is 284 Å². The third kappa shape index (κ3) is 6.62. The highest BCUT2D eigenvalue weighted by atomic mass is 35.5. The summed E-state index contributed by atoms with van der Waals surface area (Å²) in [7, 11) is 0. The van der Waals surface area contributed by atoms with Crippen LogP contribution < -0.4 is 5.32 Å². The minimum Gasteiger partial charge on any atom is -0.480 e. The molecule has 244 valence electrons. The SMILES string of the molecule is CC(C)(C)CC1C(c2cc(Cl)ccc2F)C(c2ccccc2Cl)C(C(=O)O)N1CNC(=O)OCC1c2ccccc2-c2ccccc21. The van der Waals surface area contributed by atoms with Gasteiger partial charge < -0.3 is 15.2 Å². The van der Waals surface area contributed by atoms with Gasteiger partial charge in [0.2, 0.25) is 0 Å². The zero-order valence-electron chi connectivity index (χ0n) is 26.4. The van der Waals surface area contributed by atoms with Crippen molar-refractivity contribution in [1.82, 2.24) is 10.2 Å². The van der Waals surface area contributed by atoms with Crippen LogP contribution in [0, 0.1) is 11.2 Å². The molecule has 1 fully saturated rings. The molecule has 0 bridgehead atoms. The van der Waals surface area contributed by atoms with Crippen LogP contribution in [0.15, 0.2) is 91.0 Å². The first-order valence-corrected chi connectivity index (χ1v) is 16.5. The number of aliphatic carboxylic acids is 1. The lowest BCUT2D eigenvalue weighted by Crippen LogP contribution is -2.49. The molecule has 4 unspecified atom stereocenters. The number of carboxylic acids is 1. The number of ether oxygens (including phenoxy) is 1. The number of carbonyl (C=O) groups is 2. The van der Waals surface area contributed by atoms with Crippen molar-refractivity contribution in [2.45, 2.75) is 57.0 Å². The summed E-state index contributed by atoms with van der Waals surface area (Å²) in [4.78, 5) is 28.2. The summed E-state index contributed by atoms with van der Waals surface area (Å²) in [6.07, 6.45) is -0.169. The number of rotatable bonds is 8. The number of amides is 1. The van der Waals surface area contributed by atoms with Crippen molar-refractivity contribution in [3.63, 3.8) is 0 Å². The lowest BCUT2D eigenvalue weighted by atomic mass is 9.74. The number of alkyl carbamates (subject to hydrolysis) is 1. The van der Waals surface area contributed by atoms with Crippen molar-refractivity contribution in [2.24, 2.45) is 5.41 Å². The molecule has 6 rings (SSSR count). The lowest BCUT2D eigenvalue weighted by molar-refractivity contribution is -0.143. The molecule has 1 amide bonds. The van der Waals surface area contributed by atoms with Crippen LogP contribution in [0.25, 0.3) is 11.1 Å². The Balaban J connectivity index is 1.31. The van der Waals surface area contributed by atoms with Crippen LogP contribution in [0.5, 0.6) is 0 Å². The van der Waals surface area contributed by atoms with E-state index in [4.69, 9.17) is 27.9 Å². The van der Waals surface area contributed by atoms with Crippen molar-refractivity contribution in [3.8, 4) is 11.1 Å². The maximum absolute atomic E-state index is 15.7. The van der Waals surface area contributed by atoms with E-state index in [1.54, 1.807) is 35.2 Å². The molecule has 1 heterocycles. The van der Waals surface area contributed by atoms with E-state index in [1.807, 2.05) is 57.2 Å². The summed E-state index contributed by atoms with van der Waals surface area (Å²) in [6.45, 7) is 6.14. The molecule has 4 aromatic rings. The Morgan fingerprint density at radius 3 is 2.04 bits per heavy atom. The molecular weight excluding hydrogens is 638 g/mol. The highest BCUT2D eigenvalue weighted by Crippen LogP contribution is 2.53. The van der Waals surface area contributed by atoms with Gasteiger partial charge in [-0.1, -0.05) is 111 Å². The molecule has 47 heavy (non-hydrogen) atoms. The van der Waals surface area contributed by atoms with Crippen molar-refractivity contribution in [3.05, 3.63) is 129 Å². The molecule has 0 aromatic heterocycles. The maximum atomic E-state index is 15.7. The Kier molecular flexibility index (Phi) is 9.34. The molecule has 0 saturated carbocycles. The van der Waals surface area contributed by atoms with Crippen molar-refractivity contribution in [1.29, 1.82) is 0 Å². The third-order valence-electron chi connectivity index (χ3n) is 9.33. The summed E-state index contributed by atoms with van der Waals surface area (Å²) in [5.74, 6) is -3.09. The molecular formula is C38H37Cl2FN2O4. The van der Waals surface area contributed by atoms with Crippen molar-refractivity contribution < 1.29 is 23.8 Å². The van der Waals surface area contributed by atoms with Gasteiger partial charge in [-0.15, -0.1) is 0 Å². The van der Waals surface area contributed by atoms with Gasteiger partial charge in [-0.05, 0) is 69.5 Å². The lowest BCUT2D eigenvalue weighted by Gasteiger charge is -2.35. The van der Waals surface area contributed by atoms with Gasteiger partial charge in [0.05, 0.1) is 6.67 Å².